The normalized spacial score (nSPS) is 9.64. The van der Waals surface area contributed by atoms with E-state index in [1.54, 1.807) is 0 Å². The van der Waals surface area contributed by atoms with Crippen molar-refractivity contribution in [1.82, 2.24) is 9.78 Å². The van der Waals surface area contributed by atoms with Crippen molar-refractivity contribution in [2.45, 2.75) is 6.92 Å². The fraction of sp³-hybridized carbons (Fsp3) is 0.333. The zero-order valence-corrected chi connectivity index (χ0v) is 6.25. The van der Waals surface area contributed by atoms with Gasteiger partial charge in [-0.2, -0.15) is 0 Å². The van der Waals surface area contributed by atoms with Gasteiger partial charge in [0, 0.05) is 14.0 Å². The quantitative estimate of drug-likeness (QED) is 0.564. The fourth-order valence-electron chi connectivity index (χ4n) is 0.669. The average Bonchev–Trinajstić information content (AvgIpc) is 2.18. The van der Waals surface area contributed by atoms with E-state index >= 15 is 0 Å². The molecule has 1 aromatic rings. The van der Waals surface area contributed by atoms with Gasteiger partial charge >= 0.3 is 11.5 Å². The molecule has 0 fully saturated rings. The maximum absolute atomic E-state index is 11.0. The first kappa shape index (κ1) is 7.59. The molecule has 1 N–H and O–H groups in total. The first-order chi connectivity index (χ1) is 5.11. The summed E-state index contributed by atoms with van der Waals surface area (Å²) in [6.07, 6.45) is 1.34. The van der Waals surface area contributed by atoms with Crippen LogP contribution in [0, 0.1) is 0 Å². The minimum absolute atomic E-state index is 0.0278. The van der Waals surface area contributed by atoms with Gasteiger partial charge in [0.15, 0.2) is 0 Å². The van der Waals surface area contributed by atoms with E-state index in [9.17, 15) is 9.59 Å². The van der Waals surface area contributed by atoms with Crippen LogP contribution in [0.4, 0.5) is 0 Å². The summed E-state index contributed by atoms with van der Waals surface area (Å²) in [7, 11) is 1.54. The summed E-state index contributed by atoms with van der Waals surface area (Å²) in [6, 6.07) is 0. The molecule has 0 spiro atoms. The molecule has 1 rings (SSSR count). The molecule has 0 aliphatic carbocycles. The van der Waals surface area contributed by atoms with Crippen LogP contribution < -0.4 is 10.3 Å². The van der Waals surface area contributed by atoms with Gasteiger partial charge in [0.1, 0.15) is 0 Å². The van der Waals surface area contributed by atoms with Gasteiger partial charge < -0.3 is 4.74 Å². The van der Waals surface area contributed by atoms with Crippen molar-refractivity contribution in [3.63, 3.8) is 0 Å². The van der Waals surface area contributed by atoms with Crippen molar-refractivity contribution in [3.8, 4) is 5.75 Å². The van der Waals surface area contributed by atoms with Gasteiger partial charge in [0.25, 0.3) is 0 Å². The SMILES string of the molecule is CC(=O)Oc1c[nH]n(C)c1=O. The van der Waals surface area contributed by atoms with E-state index in [0.717, 1.165) is 0 Å². The van der Waals surface area contributed by atoms with Crippen LogP contribution in [0.2, 0.25) is 0 Å². The second kappa shape index (κ2) is 2.61. The summed E-state index contributed by atoms with van der Waals surface area (Å²) in [6.45, 7) is 1.24. The number of rotatable bonds is 1. The number of hydrogen-bond donors (Lipinski definition) is 1. The summed E-state index contributed by atoms with van der Waals surface area (Å²) >= 11 is 0. The monoisotopic (exact) mass is 156 g/mol. The topological polar surface area (TPSA) is 64.1 Å². The molecule has 11 heavy (non-hydrogen) atoms. The molecule has 5 heteroatoms. The molecule has 1 heterocycles. The maximum Gasteiger partial charge on any atom is 0.309 e. The summed E-state index contributed by atoms with van der Waals surface area (Å²) in [5, 5.41) is 2.57. The Morgan fingerprint density at radius 2 is 2.36 bits per heavy atom. The number of nitrogens with one attached hydrogen (secondary N) is 1. The van der Waals surface area contributed by atoms with Crippen LogP contribution in [0.5, 0.6) is 5.75 Å². The second-order valence-corrected chi connectivity index (χ2v) is 2.10. The Hall–Kier alpha value is -1.52. The van der Waals surface area contributed by atoms with Gasteiger partial charge in [-0.25, -0.2) is 0 Å². The number of carbonyl (C=O) groups excluding carboxylic acids is 1. The maximum atomic E-state index is 11.0. The van der Waals surface area contributed by atoms with Crippen molar-refractivity contribution in [1.29, 1.82) is 0 Å². The molecular weight excluding hydrogens is 148 g/mol. The third kappa shape index (κ3) is 1.49. The average molecular weight is 156 g/mol. The van der Waals surface area contributed by atoms with Gasteiger partial charge in [-0.1, -0.05) is 0 Å². The largest absolute Gasteiger partial charge is 0.419 e. The molecule has 0 aliphatic rings. The number of hydrogen-bond acceptors (Lipinski definition) is 3. The molecule has 0 aliphatic heterocycles. The van der Waals surface area contributed by atoms with Gasteiger partial charge in [-0.3, -0.25) is 19.4 Å². The molecule has 0 unspecified atom stereocenters. The van der Waals surface area contributed by atoms with E-state index in [1.165, 1.54) is 24.9 Å². The summed E-state index contributed by atoms with van der Waals surface area (Å²) in [5.41, 5.74) is -0.347. The number of carbonyl (C=O) groups is 1. The smallest absolute Gasteiger partial charge is 0.309 e. The number of aromatic nitrogens is 2. The minimum atomic E-state index is -0.498. The highest BCUT2D eigenvalue weighted by atomic mass is 16.5. The van der Waals surface area contributed by atoms with Crippen molar-refractivity contribution >= 4 is 5.97 Å². The Bertz CT molecular complexity index is 323. The minimum Gasteiger partial charge on any atom is -0.419 e. The van der Waals surface area contributed by atoms with E-state index in [1.807, 2.05) is 0 Å². The third-order valence-electron chi connectivity index (χ3n) is 1.16. The van der Waals surface area contributed by atoms with E-state index < -0.39 is 5.97 Å². The second-order valence-electron chi connectivity index (χ2n) is 2.10. The Morgan fingerprint density at radius 3 is 2.73 bits per heavy atom. The Balaban J connectivity index is 2.97. The molecular formula is C6H8N2O3. The fourth-order valence-corrected chi connectivity index (χ4v) is 0.669. The molecule has 5 nitrogen and oxygen atoms in total. The predicted octanol–water partition coefficient (Wildman–Crippen LogP) is -0.361. The molecule has 0 bridgehead atoms. The summed E-state index contributed by atoms with van der Waals surface area (Å²) < 4.78 is 5.78. The molecule has 1 aromatic heterocycles. The number of aromatic amines is 1. The number of nitrogens with zero attached hydrogens (tertiary/aromatic N) is 1. The Labute approximate surface area is 62.6 Å². The van der Waals surface area contributed by atoms with Gasteiger partial charge in [-0.05, 0) is 0 Å². The standard InChI is InChI=1S/C6H8N2O3/c1-4(9)11-5-3-7-8(2)6(5)10/h3,7H,1-2H3. The van der Waals surface area contributed by atoms with Crippen LogP contribution in [0.3, 0.4) is 0 Å². The van der Waals surface area contributed by atoms with E-state index in [2.05, 4.69) is 9.84 Å². The van der Waals surface area contributed by atoms with Crippen LogP contribution in [-0.2, 0) is 11.8 Å². The van der Waals surface area contributed by atoms with E-state index in [-0.39, 0.29) is 11.3 Å². The number of ether oxygens (including phenoxy) is 1. The van der Waals surface area contributed by atoms with E-state index in [0.29, 0.717) is 0 Å². The molecule has 0 radical (unpaired) electrons. The molecule has 0 saturated heterocycles. The van der Waals surface area contributed by atoms with Gasteiger partial charge in [-0.15, -0.1) is 0 Å². The lowest BCUT2D eigenvalue weighted by molar-refractivity contribution is -0.131. The van der Waals surface area contributed by atoms with Gasteiger partial charge in [0.05, 0.1) is 6.20 Å². The highest BCUT2D eigenvalue weighted by Crippen LogP contribution is 1.98. The zero-order valence-electron chi connectivity index (χ0n) is 6.25. The number of esters is 1. The third-order valence-corrected chi connectivity index (χ3v) is 1.16. The van der Waals surface area contributed by atoms with Crippen molar-refractivity contribution in [2.75, 3.05) is 0 Å². The Kier molecular flexibility index (Phi) is 1.80. The molecule has 0 aromatic carbocycles. The first-order valence-electron chi connectivity index (χ1n) is 3.04. The van der Waals surface area contributed by atoms with Gasteiger partial charge in [0.2, 0.25) is 5.75 Å². The first-order valence-corrected chi connectivity index (χ1v) is 3.04. The van der Waals surface area contributed by atoms with Crippen molar-refractivity contribution in [3.05, 3.63) is 16.6 Å². The molecule has 0 saturated carbocycles. The molecule has 0 atom stereocenters. The summed E-state index contributed by atoms with van der Waals surface area (Å²) in [5.74, 6) is -0.471. The van der Waals surface area contributed by atoms with Crippen LogP contribution in [0.1, 0.15) is 6.92 Å². The van der Waals surface area contributed by atoms with Crippen molar-refractivity contribution in [2.24, 2.45) is 7.05 Å². The van der Waals surface area contributed by atoms with Crippen LogP contribution in [-0.4, -0.2) is 15.7 Å². The predicted molar refractivity (Wildman–Crippen MR) is 37.3 cm³/mol. The highest BCUT2D eigenvalue weighted by molar-refractivity contribution is 5.68. The lowest BCUT2D eigenvalue weighted by Crippen LogP contribution is -2.15. The lowest BCUT2D eigenvalue weighted by Gasteiger charge is -1.91. The Morgan fingerprint density at radius 1 is 1.73 bits per heavy atom. The molecule has 0 amide bonds. The van der Waals surface area contributed by atoms with Crippen LogP contribution in [0.15, 0.2) is 11.0 Å². The van der Waals surface area contributed by atoms with Crippen molar-refractivity contribution < 1.29 is 9.53 Å². The van der Waals surface area contributed by atoms with E-state index in [4.69, 9.17) is 0 Å². The number of H-pyrrole nitrogens is 1. The number of aryl methyl sites for hydroxylation is 1. The summed E-state index contributed by atoms with van der Waals surface area (Å²) in [4.78, 5) is 21.3. The lowest BCUT2D eigenvalue weighted by atomic mass is 10.6. The van der Waals surface area contributed by atoms with Crippen LogP contribution in [0.25, 0.3) is 0 Å². The molecule has 60 valence electrons. The zero-order chi connectivity index (χ0) is 8.43. The highest BCUT2D eigenvalue weighted by Gasteiger charge is 2.05. The van der Waals surface area contributed by atoms with Crippen LogP contribution >= 0.6 is 0 Å².